The fourth-order valence-corrected chi connectivity index (χ4v) is 2.66. The van der Waals surface area contributed by atoms with Gasteiger partial charge in [-0.1, -0.05) is 11.6 Å². The molecule has 1 heterocycles. The topological polar surface area (TPSA) is 67.4 Å². The Morgan fingerprint density at radius 1 is 1.22 bits per heavy atom. The molecule has 2 aromatic carbocycles. The highest BCUT2D eigenvalue weighted by Crippen LogP contribution is 2.28. The standard InChI is InChI=1S/C17H15ClN2O3/c1-23-12-4-6-15(13(18)9-12)20-17(22)11-2-5-14-10(8-11)3-7-16(21)19-14/h2,4-6,8-9H,3,7H2,1H3,(H,19,21)(H,20,22). The summed E-state index contributed by atoms with van der Waals surface area (Å²) in [5, 5.41) is 5.98. The molecule has 6 heteroatoms. The molecule has 0 unspecified atom stereocenters. The first kappa shape index (κ1) is 15.4. The lowest BCUT2D eigenvalue weighted by Gasteiger charge is -2.17. The number of carbonyl (C=O) groups excluding carboxylic acids is 2. The molecule has 0 spiro atoms. The normalized spacial score (nSPS) is 13.0. The molecule has 0 aliphatic carbocycles. The number of carbonyl (C=O) groups is 2. The number of aryl methyl sites for hydroxylation is 1. The van der Waals surface area contributed by atoms with Crippen molar-refractivity contribution in [3.63, 3.8) is 0 Å². The number of hydrogen-bond donors (Lipinski definition) is 2. The van der Waals surface area contributed by atoms with Crippen LogP contribution in [0.25, 0.3) is 0 Å². The van der Waals surface area contributed by atoms with E-state index in [4.69, 9.17) is 16.3 Å². The van der Waals surface area contributed by atoms with Crippen molar-refractivity contribution in [1.82, 2.24) is 0 Å². The zero-order valence-electron chi connectivity index (χ0n) is 12.5. The Morgan fingerprint density at radius 3 is 2.78 bits per heavy atom. The Kier molecular flexibility index (Phi) is 4.21. The van der Waals surface area contributed by atoms with E-state index >= 15 is 0 Å². The molecule has 2 N–H and O–H groups in total. The Labute approximate surface area is 138 Å². The molecule has 0 atom stereocenters. The van der Waals surface area contributed by atoms with Gasteiger partial charge in [-0.25, -0.2) is 0 Å². The van der Waals surface area contributed by atoms with Crippen LogP contribution in [0.4, 0.5) is 11.4 Å². The van der Waals surface area contributed by atoms with Crippen LogP contribution in [0.2, 0.25) is 5.02 Å². The van der Waals surface area contributed by atoms with Crippen LogP contribution in [0.15, 0.2) is 36.4 Å². The van der Waals surface area contributed by atoms with Crippen LogP contribution < -0.4 is 15.4 Å². The number of nitrogens with one attached hydrogen (secondary N) is 2. The maximum absolute atomic E-state index is 12.4. The van der Waals surface area contributed by atoms with Crippen LogP contribution in [0.5, 0.6) is 5.75 Å². The predicted octanol–water partition coefficient (Wildman–Crippen LogP) is 3.49. The second kappa shape index (κ2) is 6.30. The first-order valence-electron chi connectivity index (χ1n) is 7.14. The van der Waals surface area contributed by atoms with E-state index < -0.39 is 0 Å². The average Bonchev–Trinajstić information content (AvgIpc) is 2.56. The fourth-order valence-electron chi connectivity index (χ4n) is 2.44. The molecule has 5 nitrogen and oxygen atoms in total. The number of hydrogen-bond acceptors (Lipinski definition) is 3. The Bertz CT molecular complexity index is 789. The van der Waals surface area contributed by atoms with Crippen LogP contribution >= 0.6 is 11.6 Å². The highest BCUT2D eigenvalue weighted by molar-refractivity contribution is 6.34. The summed E-state index contributed by atoms with van der Waals surface area (Å²) in [7, 11) is 1.55. The lowest BCUT2D eigenvalue weighted by atomic mass is 10.00. The third-order valence-electron chi connectivity index (χ3n) is 3.69. The Hall–Kier alpha value is -2.53. The van der Waals surface area contributed by atoms with Crippen molar-refractivity contribution in [2.75, 3.05) is 17.7 Å². The van der Waals surface area contributed by atoms with Crippen molar-refractivity contribution in [1.29, 1.82) is 0 Å². The summed E-state index contributed by atoms with van der Waals surface area (Å²) >= 11 is 6.13. The number of methoxy groups -OCH3 is 1. The molecule has 0 bridgehead atoms. The lowest BCUT2D eigenvalue weighted by molar-refractivity contribution is -0.116. The predicted molar refractivity (Wildman–Crippen MR) is 89.3 cm³/mol. The minimum Gasteiger partial charge on any atom is -0.497 e. The monoisotopic (exact) mass is 330 g/mol. The van der Waals surface area contributed by atoms with Crippen LogP contribution in [0, 0.1) is 0 Å². The van der Waals surface area contributed by atoms with E-state index in [0.29, 0.717) is 34.9 Å². The van der Waals surface area contributed by atoms with Crippen molar-refractivity contribution in [3.8, 4) is 5.75 Å². The molecule has 23 heavy (non-hydrogen) atoms. The number of fused-ring (bicyclic) bond motifs is 1. The number of amides is 2. The van der Waals surface area contributed by atoms with Gasteiger partial charge >= 0.3 is 0 Å². The van der Waals surface area contributed by atoms with Gasteiger partial charge < -0.3 is 15.4 Å². The van der Waals surface area contributed by atoms with E-state index in [2.05, 4.69) is 10.6 Å². The van der Waals surface area contributed by atoms with E-state index in [0.717, 1.165) is 11.3 Å². The summed E-state index contributed by atoms with van der Waals surface area (Å²) < 4.78 is 5.08. The van der Waals surface area contributed by atoms with Gasteiger partial charge in [0.15, 0.2) is 0 Å². The van der Waals surface area contributed by atoms with Crippen molar-refractivity contribution in [3.05, 3.63) is 52.5 Å². The highest BCUT2D eigenvalue weighted by Gasteiger charge is 2.17. The molecule has 0 saturated heterocycles. The smallest absolute Gasteiger partial charge is 0.255 e. The van der Waals surface area contributed by atoms with E-state index in [1.165, 1.54) is 0 Å². The number of rotatable bonds is 3. The van der Waals surface area contributed by atoms with Crippen LogP contribution in [0.3, 0.4) is 0 Å². The van der Waals surface area contributed by atoms with Gasteiger partial charge in [0.2, 0.25) is 5.91 Å². The first-order chi connectivity index (χ1) is 11.1. The molecule has 0 saturated carbocycles. The molecular formula is C17H15ClN2O3. The number of ether oxygens (including phenoxy) is 1. The molecule has 118 valence electrons. The summed E-state index contributed by atoms with van der Waals surface area (Å²) in [5.74, 6) is 0.369. The van der Waals surface area contributed by atoms with Crippen molar-refractivity contribution < 1.29 is 14.3 Å². The summed E-state index contributed by atoms with van der Waals surface area (Å²) in [6.45, 7) is 0. The van der Waals surface area contributed by atoms with E-state index in [9.17, 15) is 9.59 Å². The third kappa shape index (κ3) is 3.29. The number of halogens is 1. The second-order valence-electron chi connectivity index (χ2n) is 5.22. The van der Waals surface area contributed by atoms with E-state index in [-0.39, 0.29) is 11.8 Å². The lowest BCUT2D eigenvalue weighted by Crippen LogP contribution is -2.20. The molecule has 1 aliphatic rings. The molecule has 0 radical (unpaired) electrons. The van der Waals surface area contributed by atoms with Gasteiger partial charge in [0.1, 0.15) is 5.75 Å². The third-order valence-corrected chi connectivity index (χ3v) is 4.00. The van der Waals surface area contributed by atoms with Crippen molar-refractivity contribution in [2.24, 2.45) is 0 Å². The van der Waals surface area contributed by atoms with E-state index in [1.807, 2.05) is 0 Å². The molecule has 1 aliphatic heterocycles. The molecule has 3 rings (SSSR count). The largest absolute Gasteiger partial charge is 0.497 e. The maximum Gasteiger partial charge on any atom is 0.255 e. The molecule has 0 aromatic heterocycles. The number of anilines is 2. The van der Waals surface area contributed by atoms with Gasteiger partial charge in [0.25, 0.3) is 5.91 Å². The van der Waals surface area contributed by atoms with Gasteiger partial charge in [-0.15, -0.1) is 0 Å². The van der Waals surface area contributed by atoms with Crippen molar-refractivity contribution in [2.45, 2.75) is 12.8 Å². The van der Waals surface area contributed by atoms with Gasteiger partial charge in [-0.2, -0.15) is 0 Å². The summed E-state index contributed by atoms with van der Waals surface area (Å²) in [5.41, 5.74) is 2.76. The molecule has 0 fully saturated rings. The van der Waals surface area contributed by atoms with E-state index in [1.54, 1.807) is 43.5 Å². The van der Waals surface area contributed by atoms with Crippen molar-refractivity contribution >= 4 is 34.8 Å². The zero-order valence-corrected chi connectivity index (χ0v) is 13.2. The molecular weight excluding hydrogens is 316 g/mol. The van der Waals surface area contributed by atoms with Crippen LogP contribution in [0.1, 0.15) is 22.3 Å². The fraction of sp³-hybridized carbons (Fsp3) is 0.176. The zero-order chi connectivity index (χ0) is 16.4. The van der Waals surface area contributed by atoms with Gasteiger partial charge in [0, 0.05) is 23.7 Å². The SMILES string of the molecule is COc1ccc(NC(=O)c2ccc3c(c2)CCC(=O)N3)c(Cl)c1. The van der Waals surface area contributed by atoms with Gasteiger partial charge in [-0.05, 0) is 42.3 Å². The maximum atomic E-state index is 12.4. The minimum absolute atomic E-state index is 0.000263. The first-order valence-corrected chi connectivity index (χ1v) is 7.52. The summed E-state index contributed by atoms with van der Waals surface area (Å²) in [4.78, 5) is 23.7. The quantitative estimate of drug-likeness (QED) is 0.905. The van der Waals surface area contributed by atoms with Crippen LogP contribution in [-0.2, 0) is 11.2 Å². The average molecular weight is 331 g/mol. The molecule has 2 amide bonds. The highest BCUT2D eigenvalue weighted by atomic mass is 35.5. The summed E-state index contributed by atoms with van der Waals surface area (Å²) in [6, 6.07) is 10.3. The second-order valence-corrected chi connectivity index (χ2v) is 5.63. The van der Waals surface area contributed by atoms with Crippen LogP contribution in [-0.4, -0.2) is 18.9 Å². The Morgan fingerprint density at radius 2 is 2.04 bits per heavy atom. The Balaban J connectivity index is 1.80. The number of benzene rings is 2. The summed E-state index contributed by atoms with van der Waals surface area (Å²) in [6.07, 6.45) is 1.06. The van der Waals surface area contributed by atoms with Gasteiger partial charge in [0.05, 0.1) is 17.8 Å². The van der Waals surface area contributed by atoms with Gasteiger partial charge in [-0.3, -0.25) is 9.59 Å². The molecule has 2 aromatic rings. The minimum atomic E-state index is -0.253.